The molecule has 18 heavy (non-hydrogen) atoms. The molecule has 0 radical (unpaired) electrons. The molecule has 5 nitrogen and oxygen atoms in total. The fraction of sp³-hybridized carbons (Fsp3) is 0.769. The van der Waals surface area contributed by atoms with Crippen LogP contribution < -0.4 is 0 Å². The summed E-state index contributed by atoms with van der Waals surface area (Å²) in [5, 5.41) is 8.93. The van der Waals surface area contributed by atoms with E-state index in [1.807, 2.05) is 20.8 Å². The highest BCUT2D eigenvalue weighted by Crippen LogP contribution is 2.28. The second kappa shape index (κ2) is 5.50. The number of likely N-dealkylation sites (tertiary alicyclic amines) is 1. The first-order valence-electron chi connectivity index (χ1n) is 6.27. The Morgan fingerprint density at radius 3 is 2.17 bits per heavy atom. The number of nitrogens with zero attached hydrogens (tertiary/aromatic N) is 1. The van der Waals surface area contributed by atoms with Crippen LogP contribution in [0.1, 0.15) is 52.9 Å². The molecular weight excluding hydrogens is 234 g/mol. The molecule has 1 atom stereocenters. The largest absolute Gasteiger partial charge is 0.481 e. The molecule has 1 N–H and O–H groups in total. The van der Waals surface area contributed by atoms with E-state index in [0.29, 0.717) is 25.7 Å². The van der Waals surface area contributed by atoms with E-state index in [1.54, 1.807) is 0 Å². The number of carbonyl (C=O) groups excluding carboxylic acids is 2. The summed E-state index contributed by atoms with van der Waals surface area (Å²) in [6.07, 6.45) is 1.59. The van der Waals surface area contributed by atoms with Crippen LogP contribution in [0.5, 0.6) is 0 Å². The van der Waals surface area contributed by atoms with Crippen LogP contribution in [0.25, 0.3) is 0 Å². The SMILES string of the molecule is CC(C)(C)CC(CC(=O)O)N1C(=O)CCCC1=O. The first-order valence-corrected chi connectivity index (χ1v) is 6.27. The minimum absolute atomic E-state index is 0.127. The van der Waals surface area contributed by atoms with Crippen molar-refractivity contribution in [3.05, 3.63) is 0 Å². The van der Waals surface area contributed by atoms with Crippen LogP contribution in [0, 0.1) is 5.41 Å². The Kier molecular flexibility index (Phi) is 4.48. The molecule has 5 heteroatoms. The number of aliphatic carboxylic acids is 1. The van der Waals surface area contributed by atoms with Crippen molar-refractivity contribution in [3.63, 3.8) is 0 Å². The van der Waals surface area contributed by atoms with Gasteiger partial charge in [0, 0.05) is 12.8 Å². The molecule has 0 aromatic rings. The molecule has 0 bridgehead atoms. The molecule has 1 heterocycles. The van der Waals surface area contributed by atoms with Crippen LogP contribution in [0.4, 0.5) is 0 Å². The third-order valence-electron chi connectivity index (χ3n) is 2.94. The Hall–Kier alpha value is -1.39. The average Bonchev–Trinajstić information content (AvgIpc) is 2.13. The van der Waals surface area contributed by atoms with Gasteiger partial charge in [0.15, 0.2) is 0 Å². The van der Waals surface area contributed by atoms with Gasteiger partial charge in [-0.3, -0.25) is 19.3 Å². The highest BCUT2D eigenvalue weighted by atomic mass is 16.4. The summed E-state index contributed by atoms with van der Waals surface area (Å²) in [6.45, 7) is 5.92. The third kappa shape index (κ3) is 4.13. The standard InChI is InChI=1S/C13H21NO4/c1-13(2,3)8-9(7-12(17)18)14-10(15)5-4-6-11(14)16/h9H,4-8H2,1-3H3,(H,17,18). The molecule has 0 aliphatic carbocycles. The van der Waals surface area contributed by atoms with E-state index in [2.05, 4.69) is 0 Å². The van der Waals surface area contributed by atoms with Gasteiger partial charge in [0.25, 0.3) is 0 Å². The van der Waals surface area contributed by atoms with Gasteiger partial charge >= 0.3 is 5.97 Å². The quantitative estimate of drug-likeness (QED) is 0.777. The molecule has 0 aromatic carbocycles. The van der Waals surface area contributed by atoms with Crippen LogP contribution in [-0.2, 0) is 14.4 Å². The lowest BCUT2D eigenvalue weighted by Gasteiger charge is -2.35. The van der Waals surface area contributed by atoms with Gasteiger partial charge in [-0.1, -0.05) is 20.8 Å². The Morgan fingerprint density at radius 2 is 1.78 bits per heavy atom. The lowest BCUT2D eigenvalue weighted by Crippen LogP contribution is -2.49. The van der Waals surface area contributed by atoms with Crippen LogP contribution >= 0.6 is 0 Å². The van der Waals surface area contributed by atoms with Crippen molar-refractivity contribution in [2.75, 3.05) is 0 Å². The number of carboxylic acids is 1. The van der Waals surface area contributed by atoms with E-state index < -0.39 is 12.0 Å². The zero-order chi connectivity index (χ0) is 13.9. The molecule has 1 rings (SSSR count). The van der Waals surface area contributed by atoms with E-state index in [4.69, 9.17) is 5.11 Å². The first kappa shape index (κ1) is 14.7. The van der Waals surface area contributed by atoms with E-state index >= 15 is 0 Å². The molecular formula is C13H21NO4. The summed E-state index contributed by atoms with van der Waals surface area (Å²) in [4.78, 5) is 35.7. The molecule has 0 saturated carbocycles. The van der Waals surface area contributed by atoms with Crippen molar-refractivity contribution in [3.8, 4) is 0 Å². The molecule has 0 spiro atoms. The van der Waals surface area contributed by atoms with E-state index in [-0.39, 0.29) is 23.7 Å². The Labute approximate surface area is 107 Å². The van der Waals surface area contributed by atoms with Gasteiger partial charge in [-0.2, -0.15) is 0 Å². The normalized spacial score (nSPS) is 18.9. The molecule has 1 aliphatic heterocycles. The Bertz CT molecular complexity index is 340. The maximum absolute atomic E-state index is 11.8. The Balaban J connectivity index is 2.89. The van der Waals surface area contributed by atoms with Crippen LogP contribution in [-0.4, -0.2) is 33.8 Å². The zero-order valence-electron chi connectivity index (χ0n) is 11.2. The number of amides is 2. The molecule has 2 amide bonds. The van der Waals surface area contributed by atoms with E-state index in [1.165, 1.54) is 4.90 Å². The number of imide groups is 1. The summed E-state index contributed by atoms with van der Waals surface area (Å²) < 4.78 is 0. The van der Waals surface area contributed by atoms with Gasteiger partial charge < -0.3 is 5.11 Å². The summed E-state index contributed by atoms with van der Waals surface area (Å²) in [5.41, 5.74) is -0.127. The lowest BCUT2D eigenvalue weighted by atomic mass is 9.85. The number of hydrogen-bond acceptors (Lipinski definition) is 3. The number of carboxylic acid groups (broad SMARTS) is 1. The highest BCUT2D eigenvalue weighted by molar-refractivity contribution is 5.98. The first-order chi connectivity index (χ1) is 8.20. The van der Waals surface area contributed by atoms with Gasteiger partial charge in [0.05, 0.1) is 12.5 Å². The monoisotopic (exact) mass is 255 g/mol. The average molecular weight is 255 g/mol. The smallest absolute Gasteiger partial charge is 0.305 e. The minimum atomic E-state index is -0.976. The van der Waals surface area contributed by atoms with Crippen LogP contribution in [0.3, 0.4) is 0 Å². The predicted molar refractivity (Wildman–Crippen MR) is 65.8 cm³/mol. The zero-order valence-corrected chi connectivity index (χ0v) is 11.2. The molecule has 0 aromatic heterocycles. The fourth-order valence-corrected chi connectivity index (χ4v) is 2.34. The summed E-state index contributed by atoms with van der Waals surface area (Å²) in [7, 11) is 0. The van der Waals surface area contributed by atoms with Crippen LogP contribution in [0.2, 0.25) is 0 Å². The predicted octanol–water partition coefficient (Wildman–Crippen LogP) is 1.81. The summed E-state index contributed by atoms with van der Waals surface area (Å²) in [5.74, 6) is -1.45. The molecule has 1 fully saturated rings. The number of carbonyl (C=O) groups is 3. The number of rotatable bonds is 4. The highest BCUT2D eigenvalue weighted by Gasteiger charge is 2.35. The van der Waals surface area contributed by atoms with Crippen molar-refractivity contribution < 1.29 is 19.5 Å². The second-order valence-corrected chi connectivity index (χ2v) is 6.03. The summed E-state index contributed by atoms with van der Waals surface area (Å²) >= 11 is 0. The number of piperidine rings is 1. The second-order valence-electron chi connectivity index (χ2n) is 6.03. The van der Waals surface area contributed by atoms with Gasteiger partial charge in [0.2, 0.25) is 11.8 Å². The van der Waals surface area contributed by atoms with Gasteiger partial charge in [0.1, 0.15) is 0 Å². The van der Waals surface area contributed by atoms with Crippen molar-refractivity contribution in [1.82, 2.24) is 4.90 Å². The fourth-order valence-electron chi connectivity index (χ4n) is 2.34. The van der Waals surface area contributed by atoms with Gasteiger partial charge in [-0.25, -0.2) is 0 Å². The van der Waals surface area contributed by atoms with Crippen molar-refractivity contribution in [1.29, 1.82) is 0 Å². The summed E-state index contributed by atoms with van der Waals surface area (Å²) in [6, 6.07) is -0.525. The number of hydrogen-bond donors (Lipinski definition) is 1. The lowest BCUT2D eigenvalue weighted by molar-refractivity contribution is -0.153. The van der Waals surface area contributed by atoms with E-state index in [9.17, 15) is 14.4 Å². The molecule has 1 aliphatic rings. The topological polar surface area (TPSA) is 74.7 Å². The van der Waals surface area contributed by atoms with Crippen molar-refractivity contribution in [2.24, 2.45) is 5.41 Å². The van der Waals surface area contributed by atoms with Crippen LogP contribution in [0.15, 0.2) is 0 Å². The van der Waals surface area contributed by atoms with Crippen molar-refractivity contribution in [2.45, 2.75) is 58.9 Å². The Morgan fingerprint density at radius 1 is 1.28 bits per heavy atom. The van der Waals surface area contributed by atoms with E-state index in [0.717, 1.165) is 0 Å². The molecule has 1 saturated heterocycles. The van der Waals surface area contributed by atoms with Crippen molar-refractivity contribution >= 4 is 17.8 Å². The minimum Gasteiger partial charge on any atom is -0.481 e. The maximum atomic E-state index is 11.8. The molecule has 1 unspecified atom stereocenters. The van der Waals surface area contributed by atoms with Gasteiger partial charge in [-0.05, 0) is 18.3 Å². The molecule has 102 valence electrons. The van der Waals surface area contributed by atoms with Gasteiger partial charge in [-0.15, -0.1) is 0 Å². The maximum Gasteiger partial charge on any atom is 0.305 e. The third-order valence-corrected chi connectivity index (χ3v) is 2.94.